The first-order valence-corrected chi connectivity index (χ1v) is 6.17. The zero-order valence-electron chi connectivity index (χ0n) is 11.7. The lowest BCUT2D eigenvalue weighted by atomic mass is 10.1. The van der Waals surface area contributed by atoms with Gasteiger partial charge in [-0.1, -0.05) is 0 Å². The molecular weight excluding hydrogens is 287 g/mol. The molecule has 0 saturated carbocycles. The number of methoxy groups -OCH3 is 2. The fraction of sp³-hybridized carbons (Fsp3) is 0.357. The number of nitrogens with zero attached hydrogens (tertiary/aromatic N) is 1. The van der Waals surface area contributed by atoms with Crippen LogP contribution in [0.2, 0.25) is 0 Å². The number of pyridine rings is 1. The highest BCUT2D eigenvalue weighted by Crippen LogP contribution is 2.40. The second kappa shape index (κ2) is 5.67. The molecule has 0 amide bonds. The summed E-state index contributed by atoms with van der Waals surface area (Å²) in [6, 6.07) is 3.55. The van der Waals surface area contributed by atoms with E-state index in [9.17, 15) is 13.2 Å². The quantitative estimate of drug-likeness (QED) is 0.864. The summed E-state index contributed by atoms with van der Waals surface area (Å²) in [7, 11) is 2.76. The van der Waals surface area contributed by atoms with Crippen molar-refractivity contribution in [2.45, 2.75) is 13.1 Å². The largest absolute Gasteiger partial charge is 0.493 e. The number of rotatable bonds is 4. The second-order valence-corrected chi connectivity index (χ2v) is 4.16. The number of halogens is 3. The summed E-state index contributed by atoms with van der Waals surface area (Å²) in [5.41, 5.74) is -0.692. The molecule has 2 aromatic rings. The lowest BCUT2D eigenvalue weighted by Gasteiger charge is -2.15. The molecule has 1 heterocycles. The number of hydrogen-bond donors (Lipinski definition) is 0. The topological polar surface area (TPSA) is 40.6 Å². The van der Waals surface area contributed by atoms with E-state index in [-0.39, 0.29) is 29.1 Å². The van der Waals surface area contributed by atoms with Crippen LogP contribution in [0, 0.1) is 0 Å². The van der Waals surface area contributed by atoms with Crippen LogP contribution in [0.3, 0.4) is 0 Å². The highest BCUT2D eigenvalue weighted by atomic mass is 19.4. The number of aromatic nitrogens is 1. The maximum atomic E-state index is 13.2. The van der Waals surface area contributed by atoms with Gasteiger partial charge in [-0.05, 0) is 13.0 Å². The minimum atomic E-state index is -4.52. The molecule has 7 heteroatoms. The molecule has 0 radical (unpaired) electrons. The van der Waals surface area contributed by atoms with Gasteiger partial charge < -0.3 is 14.2 Å². The zero-order chi connectivity index (χ0) is 15.6. The van der Waals surface area contributed by atoms with Crippen molar-refractivity contribution in [3.8, 4) is 17.4 Å². The molecule has 0 unspecified atom stereocenters. The third kappa shape index (κ3) is 2.96. The second-order valence-electron chi connectivity index (χ2n) is 4.16. The Balaban J connectivity index is 2.78. The van der Waals surface area contributed by atoms with E-state index in [4.69, 9.17) is 14.2 Å². The van der Waals surface area contributed by atoms with Crippen LogP contribution in [-0.2, 0) is 6.18 Å². The minimum Gasteiger partial charge on any atom is -0.493 e. The summed E-state index contributed by atoms with van der Waals surface area (Å²) >= 11 is 0. The van der Waals surface area contributed by atoms with Gasteiger partial charge in [-0.15, -0.1) is 0 Å². The Morgan fingerprint density at radius 1 is 1.05 bits per heavy atom. The van der Waals surface area contributed by atoms with E-state index in [1.165, 1.54) is 26.4 Å². The van der Waals surface area contributed by atoms with Gasteiger partial charge in [0.15, 0.2) is 11.5 Å². The summed E-state index contributed by atoms with van der Waals surface area (Å²) in [6.07, 6.45) is -4.52. The number of fused-ring (bicyclic) bond motifs is 1. The minimum absolute atomic E-state index is 0.0661. The molecular formula is C14H14F3NO3. The van der Waals surface area contributed by atoms with Crippen molar-refractivity contribution in [1.29, 1.82) is 0 Å². The molecule has 0 aliphatic rings. The summed E-state index contributed by atoms with van der Waals surface area (Å²) in [5, 5.41) is -0.0661. The van der Waals surface area contributed by atoms with Crippen LogP contribution in [0.1, 0.15) is 12.5 Å². The van der Waals surface area contributed by atoms with E-state index < -0.39 is 11.7 Å². The Morgan fingerprint density at radius 3 is 2.19 bits per heavy atom. The Morgan fingerprint density at radius 2 is 1.67 bits per heavy atom. The molecule has 2 rings (SSSR count). The summed E-state index contributed by atoms with van der Waals surface area (Å²) in [5.74, 6) is 0.435. The SMILES string of the molecule is CCOc1cc(C(F)(F)F)c2cc(OC)c(OC)cc2n1. The van der Waals surface area contributed by atoms with Gasteiger partial charge in [-0.3, -0.25) is 0 Å². The van der Waals surface area contributed by atoms with Crippen molar-refractivity contribution < 1.29 is 27.4 Å². The molecule has 1 aromatic carbocycles. The van der Waals surface area contributed by atoms with Crippen LogP contribution in [0.15, 0.2) is 18.2 Å². The van der Waals surface area contributed by atoms with Gasteiger partial charge in [-0.2, -0.15) is 13.2 Å². The number of hydrogen-bond acceptors (Lipinski definition) is 4. The first kappa shape index (κ1) is 15.2. The Kier molecular flexibility index (Phi) is 4.11. The third-order valence-electron chi connectivity index (χ3n) is 2.89. The lowest BCUT2D eigenvalue weighted by molar-refractivity contribution is -0.136. The Bertz CT molecular complexity index is 656. The smallest absolute Gasteiger partial charge is 0.417 e. The van der Waals surface area contributed by atoms with Gasteiger partial charge in [0.1, 0.15) is 0 Å². The number of benzene rings is 1. The normalized spacial score (nSPS) is 11.5. The van der Waals surface area contributed by atoms with Crippen molar-refractivity contribution >= 4 is 10.9 Å². The molecule has 0 aliphatic carbocycles. The lowest BCUT2D eigenvalue weighted by Crippen LogP contribution is -2.08. The van der Waals surface area contributed by atoms with Crippen LogP contribution in [0.4, 0.5) is 13.2 Å². The van der Waals surface area contributed by atoms with E-state index >= 15 is 0 Å². The predicted octanol–water partition coefficient (Wildman–Crippen LogP) is 3.67. The van der Waals surface area contributed by atoms with Crippen molar-refractivity contribution in [1.82, 2.24) is 4.98 Å². The van der Waals surface area contributed by atoms with E-state index in [1.807, 2.05) is 0 Å². The van der Waals surface area contributed by atoms with Crippen LogP contribution in [0.5, 0.6) is 17.4 Å². The van der Waals surface area contributed by atoms with E-state index in [0.717, 1.165) is 6.07 Å². The molecule has 0 N–H and O–H groups in total. The number of alkyl halides is 3. The fourth-order valence-corrected chi connectivity index (χ4v) is 1.99. The molecule has 114 valence electrons. The molecule has 0 fully saturated rings. The molecule has 21 heavy (non-hydrogen) atoms. The Labute approximate surface area is 119 Å². The average Bonchev–Trinajstić information content (AvgIpc) is 2.44. The molecule has 0 spiro atoms. The average molecular weight is 301 g/mol. The van der Waals surface area contributed by atoms with E-state index in [1.54, 1.807) is 6.92 Å². The summed E-state index contributed by atoms with van der Waals surface area (Å²) in [4.78, 5) is 4.07. The Hall–Kier alpha value is -2.18. The first-order valence-electron chi connectivity index (χ1n) is 6.17. The van der Waals surface area contributed by atoms with Crippen LogP contribution < -0.4 is 14.2 Å². The van der Waals surface area contributed by atoms with Gasteiger partial charge in [0.25, 0.3) is 0 Å². The number of ether oxygens (including phenoxy) is 3. The fourth-order valence-electron chi connectivity index (χ4n) is 1.99. The van der Waals surface area contributed by atoms with Crippen molar-refractivity contribution in [2.75, 3.05) is 20.8 Å². The summed E-state index contributed by atoms with van der Waals surface area (Å²) < 4.78 is 54.8. The van der Waals surface area contributed by atoms with Crippen molar-refractivity contribution in [3.63, 3.8) is 0 Å². The van der Waals surface area contributed by atoms with Gasteiger partial charge in [0.2, 0.25) is 5.88 Å². The van der Waals surface area contributed by atoms with Crippen LogP contribution >= 0.6 is 0 Å². The van der Waals surface area contributed by atoms with Gasteiger partial charge in [-0.25, -0.2) is 4.98 Å². The van der Waals surface area contributed by atoms with E-state index in [0.29, 0.717) is 5.75 Å². The molecule has 1 aromatic heterocycles. The molecule has 0 saturated heterocycles. The standard InChI is InChI=1S/C14H14F3NO3/c1-4-21-13-6-9(14(15,16)17)8-5-11(19-2)12(20-3)7-10(8)18-13/h5-7H,4H2,1-3H3. The first-order chi connectivity index (χ1) is 9.90. The molecule has 0 atom stereocenters. The maximum absolute atomic E-state index is 13.2. The zero-order valence-corrected chi connectivity index (χ0v) is 11.7. The van der Waals surface area contributed by atoms with Gasteiger partial charge >= 0.3 is 6.18 Å². The highest BCUT2D eigenvalue weighted by Gasteiger charge is 2.34. The predicted molar refractivity (Wildman–Crippen MR) is 71.0 cm³/mol. The summed E-state index contributed by atoms with van der Waals surface area (Å²) in [6.45, 7) is 1.90. The van der Waals surface area contributed by atoms with E-state index in [2.05, 4.69) is 4.98 Å². The molecule has 0 aliphatic heterocycles. The highest BCUT2D eigenvalue weighted by molar-refractivity contribution is 5.87. The van der Waals surface area contributed by atoms with Crippen molar-refractivity contribution in [2.24, 2.45) is 0 Å². The van der Waals surface area contributed by atoms with Crippen LogP contribution in [0.25, 0.3) is 10.9 Å². The van der Waals surface area contributed by atoms with Crippen molar-refractivity contribution in [3.05, 3.63) is 23.8 Å². The van der Waals surface area contributed by atoms with Gasteiger partial charge in [0.05, 0.1) is 31.9 Å². The molecule has 0 bridgehead atoms. The molecule has 4 nitrogen and oxygen atoms in total. The van der Waals surface area contributed by atoms with Gasteiger partial charge in [0, 0.05) is 17.5 Å². The third-order valence-corrected chi connectivity index (χ3v) is 2.89. The maximum Gasteiger partial charge on any atom is 0.417 e. The van der Waals surface area contributed by atoms with Crippen LogP contribution in [-0.4, -0.2) is 25.8 Å². The monoisotopic (exact) mass is 301 g/mol.